The molecule has 90 valence electrons. The molecule has 2 atom stereocenters. The van der Waals surface area contributed by atoms with Gasteiger partial charge in [-0.05, 0) is 19.1 Å². The van der Waals surface area contributed by atoms with Crippen molar-refractivity contribution in [3.8, 4) is 0 Å². The van der Waals surface area contributed by atoms with Gasteiger partial charge in [0.05, 0.1) is 6.54 Å². The molecule has 1 fully saturated rings. The summed E-state index contributed by atoms with van der Waals surface area (Å²) in [7, 11) is 0. The van der Waals surface area contributed by atoms with Crippen molar-refractivity contribution in [2.24, 2.45) is 0 Å². The van der Waals surface area contributed by atoms with Crippen LogP contribution in [0.2, 0.25) is 0 Å². The molecule has 0 saturated carbocycles. The highest BCUT2D eigenvalue weighted by Gasteiger charge is 2.47. The predicted molar refractivity (Wildman–Crippen MR) is 60.8 cm³/mol. The Balaban J connectivity index is 2.35. The van der Waals surface area contributed by atoms with E-state index < -0.39 is 17.6 Å². The van der Waals surface area contributed by atoms with Crippen LogP contribution in [0.25, 0.3) is 0 Å². The molecule has 1 aromatic rings. The molecule has 0 unspecified atom stereocenters. The highest BCUT2D eigenvalue weighted by Crippen LogP contribution is 2.28. The Bertz CT molecular complexity index is 469. The number of hydrogen-bond acceptors (Lipinski definition) is 4. The first-order chi connectivity index (χ1) is 7.95. The largest absolute Gasteiger partial charge is 0.385 e. The van der Waals surface area contributed by atoms with Crippen molar-refractivity contribution < 1.29 is 19.8 Å². The van der Waals surface area contributed by atoms with Gasteiger partial charge in [-0.3, -0.25) is 9.59 Å². The molecular weight excluding hydrogens is 222 g/mol. The zero-order valence-corrected chi connectivity index (χ0v) is 9.33. The summed E-state index contributed by atoms with van der Waals surface area (Å²) in [4.78, 5) is 23.7. The van der Waals surface area contributed by atoms with E-state index in [0.717, 1.165) is 0 Å². The molecule has 1 aliphatic heterocycles. The SMILES string of the molecule is C[C@]1(O)CN(c2cccc(C=O)c2)C(=O)[C@H]1O. The summed E-state index contributed by atoms with van der Waals surface area (Å²) in [5.74, 6) is -0.557. The van der Waals surface area contributed by atoms with E-state index in [1.165, 1.54) is 11.8 Å². The van der Waals surface area contributed by atoms with Crippen LogP contribution in [-0.2, 0) is 4.79 Å². The minimum atomic E-state index is -1.46. The van der Waals surface area contributed by atoms with E-state index in [9.17, 15) is 19.8 Å². The van der Waals surface area contributed by atoms with Crippen LogP contribution in [0.5, 0.6) is 0 Å². The van der Waals surface area contributed by atoms with Crippen LogP contribution in [-0.4, -0.2) is 40.7 Å². The van der Waals surface area contributed by atoms with Gasteiger partial charge in [0.25, 0.3) is 5.91 Å². The van der Waals surface area contributed by atoms with Gasteiger partial charge in [0, 0.05) is 11.3 Å². The smallest absolute Gasteiger partial charge is 0.258 e. The Morgan fingerprint density at radius 3 is 2.76 bits per heavy atom. The number of rotatable bonds is 2. The Kier molecular flexibility index (Phi) is 2.73. The highest BCUT2D eigenvalue weighted by atomic mass is 16.4. The number of nitrogens with zero attached hydrogens (tertiary/aromatic N) is 1. The summed E-state index contributed by atoms with van der Waals surface area (Å²) in [6.07, 6.45) is -0.749. The number of aldehydes is 1. The van der Waals surface area contributed by atoms with Crippen LogP contribution in [0, 0.1) is 0 Å². The molecule has 5 nitrogen and oxygen atoms in total. The summed E-state index contributed by atoms with van der Waals surface area (Å²) in [6, 6.07) is 6.45. The standard InChI is InChI=1S/C12H13NO4/c1-12(17)7-13(11(16)10(12)15)9-4-2-3-8(5-9)6-14/h2-6,10,15,17H,7H2,1H3/t10-,12+/m1/s1. The van der Waals surface area contributed by atoms with E-state index in [2.05, 4.69) is 0 Å². The fraction of sp³-hybridized carbons (Fsp3) is 0.333. The normalized spacial score (nSPS) is 28.5. The zero-order chi connectivity index (χ0) is 12.6. The van der Waals surface area contributed by atoms with Crippen molar-refractivity contribution >= 4 is 17.9 Å². The van der Waals surface area contributed by atoms with Crippen molar-refractivity contribution in [2.45, 2.75) is 18.6 Å². The first-order valence-electron chi connectivity index (χ1n) is 5.23. The highest BCUT2D eigenvalue weighted by molar-refractivity contribution is 6.00. The molecule has 1 aromatic carbocycles. The third-order valence-corrected chi connectivity index (χ3v) is 2.89. The maximum absolute atomic E-state index is 11.7. The van der Waals surface area contributed by atoms with E-state index >= 15 is 0 Å². The summed E-state index contributed by atoms with van der Waals surface area (Å²) in [5, 5.41) is 19.4. The third-order valence-electron chi connectivity index (χ3n) is 2.89. The molecule has 2 N–H and O–H groups in total. The second-order valence-corrected chi connectivity index (χ2v) is 4.40. The quantitative estimate of drug-likeness (QED) is 0.705. The van der Waals surface area contributed by atoms with Gasteiger partial charge >= 0.3 is 0 Å². The number of benzene rings is 1. The molecule has 0 radical (unpaired) electrons. The summed E-state index contributed by atoms with van der Waals surface area (Å²) in [5.41, 5.74) is -0.526. The molecule has 0 bridgehead atoms. The monoisotopic (exact) mass is 235 g/mol. The molecule has 1 saturated heterocycles. The molecule has 2 rings (SSSR count). The van der Waals surface area contributed by atoms with Gasteiger partial charge in [-0.1, -0.05) is 12.1 Å². The number of β-amino-alcohol motifs (C(OH)–C–C–N with tert-alkyl or cyclic N) is 1. The minimum absolute atomic E-state index is 0.00924. The lowest BCUT2D eigenvalue weighted by atomic mass is 10.0. The van der Waals surface area contributed by atoms with Crippen LogP contribution in [0.4, 0.5) is 5.69 Å². The summed E-state index contributed by atoms with van der Waals surface area (Å²) >= 11 is 0. The van der Waals surface area contributed by atoms with E-state index in [0.29, 0.717) is 17.5 Å². The summed E-state index contributed by atoms with van der Waals surface area (Å²) < 4.78 is 0. The molecule has 1 aliphatic rings. The molecule has 0 aliphatic carbocycles. The lowest BCUT2D eigenvalue weighted by Gasteiger charge is -2.19. The van der Waals surface area contributed by atoms with Gasteiger partial charge in [-0.15, -0.1) is 0 Å². The Morgan fingerprint density at radius 1 is 1.53 bits per heavy atom. The van der Waals surface area contributed by atoms with E-state index in [1.807, 2.05) is 0 Å². The van der Waals surface area contributed by atoms with Crippen molar-refractivity contribution in [1.82, 2.24) is 0 Å². The Labute approximate surface area is 98.3 Å². The number of aliphatic hydroxyl groups is 2. The number of carbonyl (C=O) groups is 2. The zero-order valence-electron chi connectivity index (χ0n) is 9.33. The van der Waals surface area contributed by atoms with Crippen LogP contribution >= 0.6 is 0 Å². The number of aliphatic hydroxyl groups excluding tert-OH is 1. The fourth-order valence-corrected chi connectivity index (χ4v) is 1.88. The first-order valence-corrected chi connectivity index (χ1v) is 5.23. The Hall–Kier alpha value is -1.72. The lowest BCUT2D eigenvalue weighted by Crippen LogP contribution is -2.39. The molecule has 0 aromatic heterocycles. The molecule has 17 heavy (non-hydrogen) atoms. The van der Waals surface area contributed by atoms with Crippen molar-refractivity contribution in [3.05, 3.63) is 29.8 Å². The molecule has 0 spiro atoms. The van der Waals surface area contributed by atoms with Crippen molar-refractivity contribution in [2.75, 3.05) is 11.4 Å². The average molecular weight is 235 g/mol. The average Bonchev–Trinajstić information content (AvgIpc) is 2.53. The third kappa shape index (κ3) is 1.94. The van der Waals surface area contributed by atoms with Gasteiger partial charge < -0.3 is 15.1 Å². The van der Waals surface area contributed by atoms with Crippen LogP contribution < -0.4 is 4.90 Å². The number of amides is 1. The van der Waals surface area contributed by atoms with Gasteiger partial charge in [0.15, 0.2) is 6.10 Å². The Morgan fingerprint density at radius 2 is 2.24 bits per heavy atom. The summed E-state index contributed by atoms with van der Waals surface area (Å²) in [6.45, 7) is 1.41. The predicted octanol–water partition coefficient (Wildman–Crippen LogP) is -0.0424. The van der Waals surface area contributed by atoms with E-state index in [-0.39, 0.29) is 6.54 Å². The molecule has 5 heteroatoms. The second kappa shape index (κ2) is 3.94. The van der Waals surface area contributed by atoms with E-state index in [1.54, 1.807) is 24.3 Å². The van der Waals surface area contributed by atoms with Crippen molar-refractivity contribution in [3.63, 3.8) is 0 Å². The van der Waals surface area contributed by atoms with E-state index in [4.69, 9.17) is 0 Å². The van der Waals surface area contributed by atoms with Crippen LogP contribution in [0.15, 0.2) is 24.3 Å². The first kappa shape index (κ1) is 11.8. The van der Waals surface area contributed by atoms with Gasteiger partial charge in [0.2, 0.25) is 0 Å². The van der Waals surface area contributed by atoms with Gasteiger partial charge in [0.1, 0.15) is 11.9 Å². The van der Waals surface area contributed by atoms with Crippen LogP contribution in [0.3, 0.4) is 0 Å². The lowest BCUT2D eigenvalue weighted by molar-refractivity contribution is -0.130. The molecule has 1 heterocycles. The van der Waals surface area contributed by atoms with Gasteiger partial charge in [-0.2, -0.15) is 0 Å². The number of anilines is 1. The maximum Gasteiger partial charge on any atom is 0.258 e. The number of hydrogen-bond donors (Lipinski definition) is 2. The second-order valence-electron chi connectivity index (χ2n) is 4.40. The fourth-order valence-electron chi connectivity index (χ4n) is 1.88. The maximum atomic E-state index is 11.7. The van der Waals surface area contributed by atoms with Gasteiger partial charge in [-0.25, -0.2) is 0 Å². The molecular formula is C12H13NO4. The topological polar surface area (TPSA) is 77.8 Å². The number of carbonyl (C=O) groups excluding carboxylic acids is 2. The minimum Gasteiger partial charge on any atom is -0.385 e. The molecule has 1 amide bonds. The van der Waals surface area contributed by atoms with Crippen LogP contribution in [0.1, 0.15) is 17.3 Å². The van der Waals surface area contributed by atoms with Crippen molar-refractivity contribution in [1.29, 1.82) is 0 Å².